The monoisotopic (exact) mass is 566 g/mol. The molecule has 0 saturated heterocycles. The molecule has 0 unspecified atom stereocenters. The van der Waals surface area contributed by atoms with E-state index in [1.165, 1.54) is 57.8 Å². The van der Waals surface area contributed by atoms with Gasteiger partial charge in [0, 0.05) is 16.2 Å². The Kier molecular flexibility index (Phi) is 5.09. The Labute approximate surface area is 249 Å². The largest absolute Gasteiger partial charge is 0.292 e. The van der Waals surface area contributed by atoms with Crippen molar-refractivity contribution >= 4 is 17.3 Å². The Morgan fingerprint density at radius 2 is 0.667 bits per heavy atom. The fourth-order valence-electron chi connectivity index (χ4n) is 14.7. The highest BCUT2D eigenvalue weighted by Crippen LogP contribution is 2.63. The number of hydrogen-bond donors (Lipinski definition) is 0. The quantitative estimate of drug-likeness (QED) is 0.330. The molecule has 5 nitrogen and oxygen atoms in total. The number of carbonyl (C=O) groups excluding carboxylic acids is 3. The van der Waals surface area contributed by atoms with Crippen molar-refractivity contribution in [1.82, 2.24) is 9.97 Å². The Morgan fingerprint density at radius 1 is 0.429 bits per heavy atom. The molecule has 12 aliphatic carbocycles. The molecule has 0 aliphatic heterocycles. The molecule has 12 fully saturated rings. The van der Waals surface area contributed by atoms with Crippen LogP contribution in [0.25, 0.3) is 0 Å². The molecular formula is C37H46N2O3. The molecule has 0 aromatic carbocycles. The van der Waals surface area contributed by atoms with Crippen molar-refractivity contribution in [2.24, 2.45) is 69.5 Å². The highest BCUT2D eigenvalue weighted by atomic mass is 16.1. The SMILES string of the molecule is O=C(c1cc(C(=O)C23CC4CC(CC(C4)C2)C3)nc(C(=O)C23CC4CC(CC(C4)C2)C3)n1)C12CC3CC(CC(C3)C1)C2. The molecule has 13 rings (SSSR count). The molecular weight excluding hydrogens is 520 g/mol. The van der Waals surface area contributed by atoms with Gasteiger partial charge in [-0.2, -0.15) is 0 Å². The number of Topliss-reactive ketones (excluding diaryl/α,β-unsaturated/α-hetero) is 3. The summed E-state index contributed by atoms with van der Waals surface area (Å²) in [5.74, 6) is 6.39. The van der Waals surface area contributed by atoms with Gasteiger partial charge in [0.15, 0.2) is 17.4 Å². The van der Waals surface area contributed by atoms with Crippen LogP contribution in [0.15, 0.2) is 6.07 Å². The van der Waals surface area contributed by atoms with Crippen LogP contribution < -0.4 is 0 Å². The van der Waals surface area contributed by atoms with E-state index in [1.807, 2.05) is 0 Å². The first-order valence-electron chi connectivity index (χ1n) is 17.8. The van der Waals surface area contributed by atoms with E-state index in [-0.39, 0.29) is 39.4 Å². The Hall–Kier alpha value is -1.91. The third-order valence-electron chi connectivity index (χ3n) is 15.0. The van der Waals surface area contributed by atoms with Crippen LogP contribution in [0.2, 0.25) is 0 Å². The molecule has 0 atom stereocenters. The number of hydrogen-bond acceptors (Lipinski definition) is 5. The van der Waals surface area contributed by atoms with Gasteiger partial charge < -0.3 is 0 Å². The van der Waals surface area contributed by atoms with Crippen molar-refractivity contribution in [2.45, 2.75) is 116 Å². The number of aromatic nitrogens is 2. The fourth-order valence-corrected chi connectivity index (χ4v) is 14.7. The van der Waals surface area contributed by atoms with Crippen molar-refractivity contribution in [2.75, 3.05) is 0 Å². The summed E-state index contributed by atoms with van der Waals surface area (Å²) in [5.41, 5.74) is -0.268. The van der Waals surface area contributed by atoms with Gasteiger partial charge in [-0.25, -0.2) is 9.97 Å². The van der Waals surface area contributed by atoms with E-state index >= 15 is 0 Å². The molecule has 12 saturated carbocycles. The van der Waals surface area contributed by atoms with Gasteiger partial charge in [-0.05, 0) is 175 Å². The van der Waals surface area contributed by atoms with Crippen molar-refractivity contribution in [3.05, 3.63) is 23.3 Å². The first-order valence-corrected chi connectivity index (χ1v) is 17.8. The lowest BCUT2D eigenvalue weighted by Crippen LogP contribution is -2.51. The third-order valence-corrected chi connectivity index (χ3v) is 15.0. The number of rotatable bonds is 6. The van der Waals surface area contributed by atoms with Crippen LogP contribution in [0, 0.1) is 69.5 Å². The minimum atomic E-state index is -0.377. The number of ketones is 3. The predicted molar refractivity (Wildman–Crippen MR) is 157 cm³/mol. The van der Waals surface area contributed by atoms with E-state index in [2.05, 4.69) is 0 Å². The van der Waals surface area contributed by atoms with Gasteiger partial charge in [0.25, 0.3) is 0 Å². The Bertz CT molecular complexity index is 1120. The lowest BCUT2D eigenvalue weighted by Gasteiger charge is -2.56. The van der Waals surface area contributed by atoms with E-state index in [0.29, 0.717) is 64.6 Å². The van der Waals surface area contributed by atoms with Crippen molar-refractivity contribution in [1.29, 1.82) is 0 Å². The van der Waals surface area contributed by atoms with E-state index in [0.717, 1.165) is 57.8 Å². The minimum absolute atomic E-state index is 0.0568. The van der Waals surface area contributed by atoms with E-state index in [9.17, 15) is 14.4 Å². The molecule has 1 heterocycles. The molecule has 0 spiro atoms. The molecule has 0 amide bonds. The summed E-state index contributed by atoms with van der Waals surface area (Å²) >= 11 is 0. The molecule has 5 heteroatoms. The zero-order chi connectivity index (χ0) is 28.0. The molecule has 12 aliphatic rings. The summed E-state index contributed by atoms with van der Waals surface area (Å²) in [7, 11) is 0. The van der Waals surface area contributed by atoms with E-state index in [4.69, 9.17) is 9.97 Å². The smallest absolute Gasteiger partial charge is 0.206 e. The van der Waals surface area contributed by atoms with Gasteiger partial charge >= 0.3 is 0 Å². The molecule has 222 valence electrons. The van der Waals surface area contributed by atoms with Gasteiger partial charge in [-0.3, -0.25) is 14.4 Å². The Morgan fingerprint density at radius 3 is 0.929 bits per heavy atom. The highest BCUT2D eigenvalue weighted by molar-refractivity contribution is 6.06. The summed E-state index contributed by atoms with van der Waals surface area (Å²) < 4.78 is 0. The van der Waals surface area contributed by atoms with Crippen molar-refractivity contribution in [3.8, 4) is 0 Å². The number of nitrogens with zero attached hydrogens (tertiary/aromatic N) is 2. The zero-order valence-electron chi connectivity index (χ0n) is 25.1. The molecule has 0 N–H and O–H groups in total. The highest BCUT2D eigenvalue weighted by Gasteiger charge is 2.58. The average Bonchev–Trinajstić information content (AvgIpc) is 2.93. The second-order valence-electron chi connectivity index (χ2n) is 18.0. The van der Waals surface area contributed by atoms with Crippen LogP contribution in [-0.2, 0) is 0 Å². The normalized spacial score (nSPS) is 50.4. The van der Waals surface area contributed by atoms with Gasteiger partial charge in [-0.1, -0.05) is 0 Å². The fraction of sp³-hybridized carbons (Fsp3) is 0.811. The summed E-state index contributed by atoms with van der Waals surface area (Å²) in [5, 5.41) is 0. The summed E-state index contributed by atoms with van der Waals surface area (Å²) in [6.45, 7) is 0. The van der Waals surface area contributed by atoms with Gasteiger partial charge in [0.1, 0.15) is 11.4 Å². The maximum Gasteiger partial charge on any atom is 0.206 e. The first-order chi connectivity index (χ1) is 20.3. The van der Waals surface area contributed by atoms with E-state index < -0.39 is 0 Å². The maximum absolute atomic E-state index is 14.6. The number of carbonyl (C=O) groups is 3. The van der Waals surface area contributed by atoms with Gasteiger partial charge in [-0.15, -0.1) is 0 Å². The summed E-state index contributed by atoms with van der Waals surface area (Å²) in [6.07, 6.45) is 20.2. The third kappa shape index (κ3) is 3.57. The van der Waals surface area contributed by atoms with Crippen LogP contribution in [0.3, 0.4) is 0 Å². The molecule has 42 heavy (non-hydrogen) atoms. The van der Waals surface area contributed by atoms with Crippen LogP contribution in [0.5, 0.6) is 0 Å². The van der Waals surface area contributed by atoms with E-state index in [1.54, 1.807) is 6.07 Å². The van der Waals surface area contributed by atoms with Crippen LogP contribution in [0.4, 0.5) is 0 Å². The van der Waals surface area contributed by atoms with Crippen LogP contribution in [0.1, 0.15) is 147 Å². The average molecular weight is 567 g/mol. The minimum Gasteiger partial charge on any atom is -0.292 e. The molecule has 1 aromatic rings. The van der Waals surface area contributed by atoms with Gasteiger partial charge in [0.05, 0.1) is 0 Å². The summed E-state index contributed by atoms with van der Waals surface area (Å²) in [6, 6.07) is 1.78. The first kappa shape index (κ1) is 25.4. The van der Waals surface area contributed by atoms with Crippen molar-refractivity contribution < 1.29 is 14.4 Å². The van der Waals surface area contributed by atoms with Crippen molar-refractivity contribution in [3.63, 3.8) is 0 Å². The van der Waals surface area contributed by atoms with Crippen LogP contribution >= 0.6 is 0 Å². The predicted octanol–water partition coefficient (Wildman–Crippen LogP) is 7.67. The lowest BCUT2D eigenvalue weighted by molar-refractivity contribution is -0.0369. The maximum atomic E-state index is 14.6. The molecule has 12 bridgehead atoms. The lowest BCUT2D eigenvalue weighted by atomic mass is 9.48. The Balaban J connectivity index is 1.06. The molecule has 1 aromatic heterocycles. The topological polar surface area (TPSA) is 77.0 Å². The molecule has 0 radical (unpaired) electrons. The summed E-state index contributed by atoms with van der Waals surface area (Å²) in [4.78, 5) is 53.7. The van der Waals surface area contributed by atoms with Crippen LogP contribution in [-0.4, -0.2) is 27.3 Å². The second kappa shape index (κ2) is 8.42. The zero-order valence-corrected chi connectivity index (χ0v) is 25.1. The van der Waals surface area contributed by atoms with Gasteiger partial charge in [0.2, 0.25) is 5.78 Å². The standard InChI is InChI=1S/C37H46N2O3/c40-31(35-11-20-1-21(12-35)3-22(2-20)13-35)29-10-30(32(41)36-14-23-4-24(15-36)6-25(5-23)16-36)39-34(38-29)33(42)37-17-26-7-27(18-37)9-28(8-26)19-37/h10,20-28H,1-9,11-19H2. The second-order valence-corrected chi connectivity index (χ2v) is 18.0.